The van der Waals surface area contributed by atoms with E-state index in [1.165, 1.54) is 66.8 Å². The molecular formula is C61H39NO. The zero-order valence-electron chi connectivity index (χ0n) is 34.4. The largest absolute Gasteiger partial charge is 0.454 e. The lowest BCUT2D eigenvalue weighted by Crippen LogP contribution is -2.29. The molecule has 13 rings (SSSR count). The third kappa shape index (κ3) is 5.19. The van der Waals surface area contributed by atoms with Gasteiger partial charge >= 0.3 is 0 Å². The highest BCUT2D eigenvalue weighted by Gasteiger charge is 2.49. The van der Waals surface area contributed by atoms with E-state index in [-0.39, 0.29) is 0 Å². The van der Waals surface area contributed by atoms with Crippen LogP contribution in [0.5, 0.6) is 11.5 Å². The Labute approximate surface area is 367 Å². The Morgan fingerprint density at radius 1 is 0.286 bits per heavy atom. The van der Waals surface area contributed by atoms with Crippen LogP contribution in [0.25, 0.3) is 66.8 Å². The molecule has 0 aromatic heterocycles. The van der Waals surface area contributed by atoms with Crippen molar-refractivity contribution >= 4 is 17.1 Å². The van der Waals surface area contributed by atoms with Gasteiger partial charge in [-0.1, -0.05) is 200 Å². The fourth-order valence-corrected chi connectivity index (χ4v) is 10.9. The van der Waals surface area contributed by atoms with E-state index < -0.39 is 5.41 Å². The van der Waals surface area contributed by atoms with Gasteiger partial charge in [-0.2, -0.15) is 0 Å². The van der Waals surface area contributed by atoms with Gasteiger partial charge in [0.05, 0.1) is 11.1 Å². The van der Waals surface area contributed by atoms with Crippen molar-refractivity contribution in [2.45, 2.75) is 5.41 Å². The van der Waals surface area contributed by atoms with Crippen LogP contribution in [0.3, 0.4) is 0 Å². The number of rotatable bonds is 4. The van der Waals surface area contributed by atoms with Crippen LogP contribution in [0.4, 0.5) is 17.1 Å². The van der Waals surface area contributed by atoms with Crippen LogP contribution in [0.15, 0.2) is 237 Å². The van der Waals surface area contributed by atoms with Crippen LogP contribution in [0, 0.1) is 0 Å². The van der Waals surface area contributed by atoms with Gasteiger partial charge in [-0.15, -0.1) is 0 Å². The van der Waals surface area contributed by atoms with Crippen molar-refractivity contribution in [3.8, 4) is 78.3 Å². The summed E-state index contributed by atoms with van der Waals surface area (Å²) < 4.78 is 7.20. The van der Waals surface area contributed by atoms with Gasteiger partial charge in [-0.3, -0.25) is 0 Å². The first-order valence-corrected chi connectivity index (χ1v) is 21.8. The molecule has 2 nitrogen and oxygen atoms in total. The highest BCUT2D eigenvalue weighted by Crippen LogP contribution is 2.62. The quantitative estimate of drug-likeness (QED) is 0.176. The van der Waals surface area contributed by atoms with E-state index >= 15 is 0 Å². The molecule has 2 heteroatoms. The Bertz CT molecular complexity index is 3390. The van der Waals surface area contributed by atoms with Gasteiger partial charge < -0.3 is 9.64 Å². The number of benzene rings is 10. The average molecular weight is 802 g/mol. The van der Waals surface area contributed by atoms with Gasteiger partial charge in [0.15, 0.2) is 5.75 Å². The molecule has 10 aromatic rings. The smallest absolute Gasteiger partial charge is 0.159 e. The lowest BCUT2D eigenvalue weighted by atomic mass is 9.66. The summed E-state index contributed by atoms with van der Waals surface area (Å²) >= 11 is 0. The second-order valence-electron chi connectivity index (χ2n) is 16.7. The van der Waals surface area contributed by atoms with Crippen LogP contribution >= 0.6 is 0 Å². The van der Waals surface area contributed by atoms with Crippen molar-refractivity contribution in [3.05, 3.63) is 259 Å². The molecule has 63 heavy (non-hydrogen) atoms. The minimum absolute atomic E-state index is 0.612. The molecule has 1 heterocycles. The number of anilines is 3. The van der Waals surface area contributed by atoms with Crippen LogP contribution < -0.4 is 9.64 Å². The number of ether oxygens (including phenoxy) is 1. The fraction of sp³-hybridized carbons (Fsp3) is 0.0164. The SMILES string of the molecule is c1ccc(-c2ccc(N(c3ccc4c(c3)C3(c5ccccc5-c5ccccc5-4)c4ccccc4-c4ccccc43)c3cccc4c3Oc3ccccc3-c3ccccc3-4)cc2)cc1. The minimum atomic E-state index is -0.612. The molecule has 0 bridgehead atoms. The summed E-state index contributed by atoms with van der Waals surface area (Å²) in [6, 6.07) is 86.6. The number of para-hydroxylation sites is 2. The summed E-state index contributed by atoms with van der Waals surface area (Å²) in [6.07, 6.45) is 0. The van der Waals surface area contributed by atoms with Crippen molar-refractivity contribution in [2.75, 3.05) is 4.90 Å². The highest BCUT2D eigenvalue weighted by atomic mass is 16.5. The van der Waals surface area contributed by atoms with Gasteiger partial charge in [0, 0.05) is 22.5 Å². The molecule has 0 saturated heterocycles. The molecule has 0 fully saturated rings. The summed E-state index contributed by atoms with van der Waals surface area (Å²) in [5.74, 6) is 1.66. The summed E-state index contributed by atoms with van der Waals surface area (Å²) in [6.45, 7) is 0. The topological polar surface area (TPSA) is 12.5 Å². The summed E-state index contributed by atoms with van der Waals surface area (Å²) in [5.41, 5.74) is 21.9. The predicted molar refractivity (Wildman–Crippen MR) is 259 cm³/mol. The van der Waals surface area contributed by atoms with E-state index in [0.29, 0.717) is 0 Å². The van der Waals surface area contributed by atoms with Gasteiger partial charge in [-0.05, 0) is 114 Å². The fourth-order valence-electron chi connectivity index (χ4n) is 10.9. The van der Waals surface area contributed by atoms with E-state index in [0.717, 1.165) is 50.8 Å². The van der Waals surface area contributed by atoms with Gasteiger partial charge in [0.1, 0.15) is 5.75 Å². The minimum Gasteiger partial charge on any atom is -0.454 e. The molecule has 0 amide bonds. The number of hydrogen-bond acceptors (Lipinski definition) is 2. The summed E-state index contributed by atoms with van der Waals surface area (Å²) in [7, 11) is 0. The Balaban J connectivity index is 1.12. The van der Waals surface area contributed by atoms with E-state index in [4.69, 9.17) is 4.74 Å². The van der Waals surface area contributed by atoms with Crippen LogP contribution in [-0.2, 0) is 5.41 Å². The standard InChI is InChI=1S/C61H39NO/c1-2-17-40(18-3-1)41-33-35-42(36-34-41)62(58-31-16-27-53-47-22-7-6-21-46(47)52-26-11-15-32-59(52)63-60(53)58)43-37-38-51-45-20-5-4-19-44(45)48-23-8-12-28-54(48)61(57(51)39-43)55-29-13-9-24-49(55)50-25-10-14-30-56(50)61/h1-39H. The van der Waals surface area contributed by atoms with Gasteiger partial charge in [0.2, 0.25) is 0 Å². The molecule has 0 unspecified atom stereocenters. The third-order valence-electron chi connectivity index (χ3n) is 13.5. The zero-order chi connectivity index (χ0) is 41.5. The molecule has 1 spiro atoms. The Morgan fingerprint density at radius 3 is 1.33 bits per heavy atom. The average Bonchev–Trinajstić information content (AvgIpc) is 3.50. The predicted octanol–water partition coefficient (Wildman–Crippen LogP) is 16.3. The maximum Gasteiger partial charge on any atom is 0.159 e. The molecular weight excluding hydrogens is 763 g/mol. The van der Waals surface area contributed by atoms with E-state index in [1.807, 2.05) is 0 Å². The molecule has 0 saturated carbocycles. The first-order chi connectivity index (χ1) is 31.3. The monoisotopic (exact) mass is 801 g/mol. The Hall–Kier alpha value is -8.20. The third-order valence-corrected chi connectivity index (χ3v) is 13.5. The maximum atomic E-state index is 7.20. The molecule has 2 aliphatic carbocycles. The first kappa shape index (κ1) is 35.5. The second kappa shape index (κ2) is 13.9. The van der Waals surface area contributed by atoms with E-state index in [1.54, 1.807) is 0 Å². The number of nitrogens with zero attached hydrogens (tertiary/aromatic N) is 1. The lowest BCUT2D eigenvalue weighted by molar-refractivity contribution is 0.489. The lowest BCUT2D eigenvalue weighted by Gasteiger charge is -2.36. The van der Waals surface area contributed by atoms with Crippen molar-refractivity contribution in [2.24, 2.45) is 0 Å². The van der Waals surface area contributed by atoms with E-state index in [9.17, 15) is 0 Å². The van der Waals surface area contributed by atoms with Crippen molar-refractivity contribution in [1.82, 2.24) is 0 Å². The first-order valence-electron chi connectivity index (χ1n) is 21.8. The van der Waals surface area contributed by atoms with Crippen molar-refractivity contribution in [3.63, 3.8) is 0 Å². The Kier molecular flexibility index (Phi) is 7.85. The summed E-state index contributed by atoms with van der Waals surface area (Å²) in [4.78, 5) is 2.41. The number of hydrogen-bond donors (Lipinski definition) is 0. The zero-order valence-corrected chi connectivity index (χ0v) is 34.4. The van der Waals surface area contributed by atoms with Crippen molar-refractivity contribution < 1.29 is 4.74 Å². The summed E-state index contributed by atoms with van der Waals surface area (Å²) in [5, 5.41) is 0. The van der Waals surface area contributed by atoms with Crippen LogP contribution in [0.2, 0.25) is 0 Å². The highest BCUT2D eigenvalue weighted by molar-refractivity contribution is 6.00. The maximum absolute atomic E-state index is 7.20. The molecule has 294 valence electrons. The van der Waals surface area contributed by atoms with Crippen molar-refractivity contribution in [1.29, 1.82) is 0 Å². The second-order valence-corrected chi connectivity index (χ2v) is 16.7. The molecule has 1 aliphatic heterocycles. The molecule has 0 N–H and O–H groups in total. The van der Waals surface area contributed by atoms with Gasteiger partial charge in [0.25, 0.3) is 0 Å². The normalized spacial score (nSPS) is 13.0. The van der Waals surface area contributed by atoms with Crippen LogP contribution in [0.1, 0.15) is 22.3 Å². The van der Waals surface area contributed by atoms with Gasteiger partial charge in [-0.25, -0.2) is 0 Å². The molecule has 0 radical (unpaired) electrons. The molecule has 3 aliphatic rings. The number of fused-ring (bicyclic) bond motifs is 17. The molecule has 10 aromatic carbocycles. The Morgan fingerprint density at radius 2 is 0.714 bits per heavy atom. The van der Waals surface area contributed by atoms with E-state index in [2.05, 4.69) is 241 Å². The van der Waals surface area contributed by atoms with Crippen LogP contribution in [-0.4, -0.2) is 0 Å². The molecule has 0 atom stereocenters.